The van der Waals surface area contributed by atoms with E-state index in [1.807, 2.05) is 0 Å². The van der Waals surface area contributed by atoms with Crippen LogP contribution < -0.4 is 5.32 Å². The molecule has 3 nitrogen and oxygen atoms in total. The first-order valence-electron chi connectivity index (χ1n) is 9.36. The molecule has 0 bridgehead atoms. The third-order valence-corrected chi connectivity index (χ3v) is 5.44. The summed E-state index contributed by atoms with van der Waals surface area (Å²) in [6.07, 6.45) is 8.19. The standard InChI is InChI=1S/C20H30N2O.ClH/c23-20(19-11-13-21-14-12-19)22-15-5-10-18(16-22)9-4-8-17-6-2-1-3-7-17;/h1-3,6-7,18-19,21H,4-5,8-16H2;1H. The molecule has 0 saturated carbocycles. The van der Waals surface area contributed by atoms with Crippen molar-refractivity contribution in [2.24, 2.45) is 11.8 Å². The highest BCUT2D eigenvalue weighted by molar-refractivity contribution is 5.85. The largest absolute Gasteiger partial charge is 0.342 e. The van der Waals surface area contributed by atoms with E-state index in [9.17, 15) is 4.79 Å². The number of likely N-dealkylation sites (tertiary alicyclic amines) is 1. The zero-order valence-corrected chi connectivity index (χ0v) is 15.4. The minimum atomic E-state index is 0. The molecule has 3 rings (SSSR count). The average molecular weight is 351 g/mol. The van der Waals surface area contributed by atoms with Gasteiger partial charge in [-0.05, 0) is 69.5 Å². The topological polar surface area (TPSA) is 32.3 Å². The summed E-state index contributed by atoms with van der Waals surface area (Å²) in [6, 6.07) is 10.8. The summed E-state index contributed by atoms with van der Waals surface area (Å²) < 4.78 is 0. The van der Waals surface area contributed by atoms with E-state index in [0.717, 1.165) is 39.0 Å². The van der Waals surface area contributed by atoms with Crippen molar-refractivity contribution in [1.29, 1.82) is 0 Å². The Bertz CT molecular complexity index is 488. The van der Waals surface area contributed by atoms with Crippen LogP contribution in [0, 0.1) is 11.8 Å². The number of carbonyl (C=O) groups excluding carboxylic acids is 1. The van der Waals surface area contributed by atoms with Gasteiger partial charge in [-0.1, -0.05) is 30.3 Å². The van der Waals surface area contributed by atoms with E-state index in [0.29, 0.717) is 11.8 Å². The monoisotopic (exact) mass is 350 g/mol. The molecule has 2 heterocycles. The van der Waals surface area contributed by atoms with E-state index in [2.05, 4.69) is 40.5 Å². The lowest BCUT2D eigenvalue weighted by Gasteiger charge is -2.36. The van der Waals surface area contributed by atoms with Gasteiger partial charge >= 0.3 is 0 Å². The van der Waals surface area contributed by atoms with E-state index < -0.39 is 0 Å². The van der Waals surface area contributed by atoms with Gasteiger partial charge in [-0.25, -0.2) is 0 Å². The maximum absolute atomic E-state index is 12.7. The molecule has 4 heteroatoms. The summed E-state index contributed by atoms with van der Waals surface area (Å²) in [4.78, 5) is 14.9. The number of benzene rings is 1. The quantitative estimate of drug-likeness (QED) is 0.878. The molecule has 1 aromatic carbocycles. The van der Waals surface area contributed by atoms with E-state index in [1.54, 1.807) is 0 Å². The highest BCUT2D eigenvalue weighted by Crippen LogP contribution is 2.25. The van der Waals surface area contributed by atoms with Crippen molar-refractivity contribution < 1.29 is 4.79 Å². The van der Waals surface area contributed by atoms with Crippen molar-refractivity contribution in [3.63, 3.8) is 0 Å². The van der Waals surface area contributed by atoms with Crippen LogP contribution in [0.25, 0.3) is 0 Å². The van der Waals surface area contributed by atoms with Gasteiger partial charge in [0, 0.05) is 19.0 Å². The molecule has 2 saturated heterocycles. The molecule has 2 fully saturated rings. The zero-order valence-electron chi connectivity index (χ0n) is 14.6. The van der Waals surface area contributed by atoms with E-state index >= 15 is 0 Å². The van der Waals surface area contributed by atoms with E-state index in [1.165, 1.54) is 37.7 Å². The molecule has 1 N–H and O–H groups in total. The minimum Gasteiger partial charge on any atom is -0.342 e. The third-order valence-electron chi connectivity index (χ3n) is 5.44. The molecular formula is C20H31ClN2O. The minimum absolute atomic E-state index is 0. The Kier molecular flexibility index (Phi) is 8.07. The molecule has 2 aliphatic heterocycles. The number of piperidine rings is 2. The third kappa shape index (κ3) is 5.49. The van der Waals surface area contributed by atoms with Gasteiger partial charge in [0.05, 0.1) is 0 Å². The molecule has 1 amide bonds. The Morgan fingerprint density at radius 3 is 2.62 bits per heavy atom. The summed E-state index contributed by atoms with van der Waals surface area (Å²) in [5.74, 6) is 1.41. The Hall–Kier alpha value is -1.06. The Morgan fingerprint density at radius 2 is 1.88 bits per heavy atom. The first-order chi connectivity index (χ1) is 11.3. The average Bonchev–Trinajstić information content (AvgIpc) is 2.63. The number of aryl methyl sites for hydroxylation is 1. The predicted octanol–water partition coefficient (Wildman–Crippen LogP) is 3.67. The first-order valence-corrected chi connectivity index (χ1v) is 9.36. The number of carbonyl (C=O) groups is 1. The van der Waals surface area contributed by atoms with Gasteiger partial charge in [0.1, 0.15) is 0 Å². The van der Waals surface area contributed by atoms with Crippen LogP contribution in [0.4, 0.5) is 0 Å². The van der Waals surface area contributed by atoms with Crippen molar-refractivity contribution in [3.05, 3.63) is 35.9 Å². The second-order valence-corrected chi connectivity index (χ2v) is 7.19. The molecule has 0 radical (unpaired) electrons. The molecule has 2 aliphatic rings. The van der Waals surface area contributed by atoms with Crippen LogP contribution in [-0.4, -0.2) is 37.0 Å². The van der Waals surface area contributed by atoms with Gasteiger partial charge in [-0.2, -0.15) is 0 Å². The van der Waals surface area contributed by atoms with Crippen molar-refractivity contribution in [3.8, 4) is 0 Å². The fourth-order valence-corrected chi connectivity index (χ4v) is 4.07. The molecule has 0 aliphatic carbocycles. The van der Waals surface area contributed by atoms with Crippen molar-refractivity contribution >= 4 is 18.3 Å². The summed E-state index contributed by atoms with van der Waals surface area (Å²) in [7, 11) is 0. The zero-order chi connectivity index (χ0) is 15.9. The Morgan fingerprint density at radius 1 is 1.12 bits per heavy atom. The number of amides is 1. The van der Waals surface area contributed by atoms with Crippen LogP contribution in [0.1, 0.15) is 44.1 Å². The van der Waals surface area contributed by atoms with Crippen molar-refractivity contribution in [1.82, 2.24) is 10.2 Å². The molecule has 0 spiro atoms. The summed E-state index contributed by atoms with van der Waals surface area (Å²) in [5.41, 5.74) is 1.44. The number of halogens is 1. The van der Waals surface area contributed by atoms with Gasteiger partial charge < -0.3 is 10.2 Å². The lowest BCUT2D eigenvalue weighted by atomic mass is 9.90. The molecule has 1 aromatic rings. The number of hydrogen-bond acceptors (Lipinski definition) is 2. The smallest absolute Gasteiger partial charge is 0.225 e. The van der Waals surface area contributed by atoms with Crippen LogP contribution in [-0.2, 0) is 11.2 Å². The van der Waals surface area contributed by atoms with Gasteiger partial charge in [-0.3, -0.25) is 4.79 Å². The number of rotatable bonds is 5. The molecule has 1 atom stereocenters. The van der Waals surface area contributed by atoms with Crippen LogP contribution >= 0.6 is 12.4 Å². The molecular weight excluding hydrogens is 320 g/mol. The SMILES string of the molecule is Cl.O=C(C1CCNCC1)N1CCCC(CCCc2ccccc2)C1. The lowest BCUT2D eigenvalue weighted by Crippen LogP contribution is -2.45. The fraction of sp³-hybridized carbons (Fsp3) is 0.650. The molecule has 134 valence electrons. The van der Waals surface area contributed by atoms with Crippen LogP contribution in [0.2, 0.25) is 0 Å². The van der Waals surface area contributed by atoms with Crippen molar-refractivity contribution in [2.45, 2.75) is 44.9 Å². The van der Waals surface area contributed by atoms with Crippen molar-refractivity contribution in [2.75, 3.05) is 26.2 Å². The number of nitrogens with one attached hydrogen (secondary N) is 1. The highest BCUT2D eigenvalue weighted by Gasteiger charge is 2.29. The van der Waals surface area contributed by atoms with Gasteiger partial charge in [0.2, 0.25) is 5.91 Å². The normalized spacial score (nSPS) is 22.0. The fourth-order valence-electron chi connectivity index (χ4n) is 4.07. The van der Waals surface area contributed by atoms with E-state index in [4.69, 9.17) is 0 Å². The second-order valence-electron chi connectivity index (χ2n) is 7.19. The van der Waals surface area contributed by atoms with Crippen LogP contribution in [0.5, 0.6) is 0 Å². The van der Waals surface area contributed by atoms with Gasteiger partial charge in [-0.15, -0.1) is 12.4 Å². The number of hydrogen-bond donors (Lipinski definition) is 1. The molecule has 24 heavy (non-hydrogen) atoms. The maximum atomic E-state index is 12.7. The molecule has 1 unspecified atom stereocenters. The summed E-state index contributed by atoms with van der Waals surface area (Å²) in [5, 5.41) is 3.35. The summed E-state index contributed by atoms with van der Waals surface area (Å²) in [6.45, 7) is 3.99. The number of nitrogens with zero attached hydrogens (tertiary/aromatic N) is 1. The lowest BCUT2D eigenvalue weighted by molar-refractivity contribution is -0.138. The van der Waals surface area contributed by atoms with Crippen LogP contribution in [0.15, 0.2) is 30.3 Å². The van der Waals surface area contributed by atoms with Crippen LogP contribution in [0.3, 0.4) is 0 Å². The van der Waals surface area contributed by atoms with E-state index in [-0.39, 0.29) is 18.3 Å². The maximum Gasteiger partial charge on any atom is 0.225 e. The van der Waals surface area contributed by atoms with Gasteiger partial charge in [0.15, 0.2) is 0 Å². The Balaban J connectivity index is 0.00000208. The Labute approximate surface area is 152 Å². The highest BCUT2D eigenvalue weighted by atomic mass is 35.5. The molecule has 0 aromatic heterocycles. The summed E-state index contributed by atoms with van der Waals surface area (Å²) >= 11 is 0. The second kappa shape index (κ2) is 10.0. The predicted molar refractivity (Wildman–Crippen MR) is 102 cm³/mol. The van der Waals surface area contributed by atoms with Gasteiger partial charge in [0.25, 0.3) is 0 Å². The first kappa shape index (κ1) is 19.3.